The molecular formula is C13H14FN3O. The molecule has 0 spiro atoms. The van der Waals surface area contributed by atoms with E-state index in [0.717, 1.165) is 30.6 Å². The fourth-order valence-electron chi connectivity index (χ4n) is 2.65. The molecule has 1 fully saturated rings. The topological polar surface area (TPSA) is 49.0 Å². The Kier molecular flexibility index (Phi) is 2.63. The predicted octanol–water partition coefficient (Wildman–Crippen LogP) is 1.48. The average molecular weight is 247 g/mol. The molecule has 1 aromatic carbocycles. The molecule has 2 aromatic rings. The molecule has 5 heteroatoms. The van der Waals surface area contributed by atoms with E-state index in [1.165, 1.54) is 6.07 Å². The van der Waals surface area contributed by atoms with Crippen molar-refractivity contribution in [2.75, 3.05) is 20.1 Å². The molecule has 1 aromatic heterocycles. The van der Waals surface area contributed by atoms with Gasteiger partial charge >= 0.3 is 5.69 Å². The number of para-hydroxylation sites is 1. The first-order valence-electron chi connectivity index (χ1n) is 6.02. The van der Waals surface area contributed by atoms with Crippen LogP contribution in [0.1, 0.15) is 18.0 Å². The van der Waals surface area contributed by atoms with E-state index in [1.807, 2.05) is 13.1 Å². The Morgan fingerprint density at radius 2 is 2.33 bits per heavy atom. The van der Waals surface area contributed by atoms with E-state index < -0.39 is 11.5 Å². The van der Waals surface area contributed by atoms with Crippen LogP contribution in [0.15, 0.2) is 23.0 Å². The molecule has 1 aliphatic heterocycles. The number of aromatic amines is 1. The summed E-state index contributed by atoms with van der Waals surface area (Å²) in [7, 11) is 2.04. The summed E-state index contributed by atoms with van der Waals surface area (Å²) in [6.07, 6.45) is 0.974. The smallest absolute Gasteiger partial charge is 0.309 e. The van der Waals surface area contributed by atoms with E-state index in [2.05, 4.69) is 14.9 Å². The number of fused-ring (bicyclic) bond motifs is 1. The van der Waals surface area contributed by atoms with Gasteiger partial charge < -0.3 is 9.88 Å². The van der Waals surface area contributed by atoms with Crippen molar-refractivity contribution < 1.29 is 4.39 Å². The first-order valence-corrected chi connectivity index (χ1v) is 6.02. The normalized spacial score (nSPS) is 20.7. The van der Waals surface area contributed by atoms with Gasteiger partial charge in [0.15, 0.2) is 0 Å². The van der Waals surface area contributed by atoms with Crippen molar-refractivity contribution in [3.8, 4) is 0 Å². The van der Waals surface area contributed by atoms with Crippen LogP contribution in [-0.4, -0.2) is 35.0 Å². The van der Waals surface area contributed by atoms with Crippen LogP contribution in [0.3, 0.4) is 0 Å². The van der Waals surface area contributed by atoms with Crippen LogP contribution in [0.5, 0.6) is 0 Å². The summed E-state index contributed by atoms with van der Waals surface area (Å²) in [5.41, 5.74) is 0.511. The van der Waals surface area contributed by atoms with Crippen LogP contribution in [-0.2, 0) is 0 Å². The number of likely N-dealkylation sites (tertiary alicyclic amines) is 1. The van der Waals surface area contributed by atoms with Crippen LogP contribution in [0.25, 0.3) is 10.9 Å². The Bertz CT molecular complexity index is 652. The number of halogens is 1. The zero-order valence-corrected chi connectivity index (χ0v) is 10.1. The molecule has 94 valence electrons. The van der Waals surface area contributed by atoms with Gasteiger partial charge in [0, 0.05) is 23.5 Å². The van der Waals surface area contributed by atoms with Gasteiger partial charge in [-0.3, -0.25) is 0 Å². The highest BCUT2D eigenvalue weighted by atomic mass is 19.1. The second kappa shape index (κ2) is 4.17. The van der Waals surface area contributed by atoms with Crippen molar-refractivity contribution in [2.45, 2.75) is 12.3 Å². The first-order chi connectivity index (χ1) is 8.65. The lowest BCUT2D eigenvalue weighted by molar-refractivity contribution is 0.411. The molecule has 1 saturated heterocycles. The molecule has 1 unspecified atom stereocenters. The molecule has 4 nitrogen and oxygen atoms in total. The van der Waals surface area contributed by atoms with Gasteiger partial charge in [-0.2, -0.15) is 4.98 Å². The molecule has 0 bridgehead atoms. The molecular weight excluding hydrogens is 233 g/mol. The minimum Gasteiger partial charge on any atom is -0.309 e. The monoisotopic (exact) mass is 247 g/mol. The van der Waals surface area contributed by atoms with Crippen LogP contribution in [0.4, 0.5) is 4.39 Å². The van der Waals surface area contributed by atoms with Crippen molar-refractivity contribution in [3.63, 3.8) is 0 Å². The van der Waals surface area contributed by atoms with Crippen LogP contribution in [0.2, 0.25) is 0 Å². The Balaban J connectivity index is 2.22. The number of rotatable bonds is 1. The molecule has 1 aliphatic rings. The van der Waals surface area contributed by atoms with Gasteiger partial charge in [0.05, 0.1) is 0 Å². The fraction of sp³-hybridized carbons (Fsp3) is 0.385. The van der Waals surface area contributed by atoms with Crippen LogP contribution < -0.4 is 5.69 Å². The van der Waals surface area contributed by atoms with Gasteiger partial charge in [0.25, 0.3) is 0 Å². The zero-order valence-electron chi connectivity index (χ0n) is 10.1. The van der Waals surface area contributed by atoms with E-state index in [1.54, 1.807) is 6.07 Å². The van der Waals surface area contributed by atoms with Crippen molar-refractivity contribution in [2.24, 2.45) is 0 Å². The van der Waals surface area contributed by atoms with E-state index in [9.17, 15) is 9.18 Å². The van der Waals surface area contributed by atoms with Crippen LogP contribution in [0, 0.1) is 5.82 Å². The number of H-pyrrole nitrogens is 1. The maximum Gasteiger partial charge on any atom is 0.345 e. The quantitative estimate of drug-likeness (QED) is 0.830. The summed E-state index contributed by atoms with van der Waals surface area (Å²) in [5, 5.41) is 0.718. The highest BCUT2D eigenvalue weighted by Crippen LogP contribution is 2.29. The molecule has 0 radical (unpaired) electrons. The molecule has 0 amide bonds. The third-order valence-electron chi connectivity index (χ3n) is 3.53. The maximum absolute atomic E-state index is 13.7. The van der Waals surface area contributed by atoms with E-state index in [4.69, 9.17) is 0 Å². The Morgan fingerprint density at radius 3 is 3.06 bits per heavy atom. The Labute approximate surface area is 103 Å². The number of hydrogen-bond donors (Lipinski definition) is 1. The number of likely N-dealkylation sites (N-methyl/N-ethyl adjacent to an activating group) is 1. The van der Waals surface area contributed by atoms with Gasteiger partial charge in [-0.15, -0.1) is 0 Å². The molecule has 2 heterocycles. The summed E-state index contributed by atoms with van der Waals surface area (Å²) in [6, 6.07) is 4.80. The minimum absolute atomic E-state index is 0.172. The zero-order chi connectivity index (χ0) is 12.7. The lowest BCUT2D eigenvalue weighted by atomic mass is 10.00. The van der Waals surface area contributed by atoms with E-state index >= 15 is 0 Å². The van der Waals surface area contributed by atoms with E-state index in [0.29, 0.717) is 0 Å². The fourth-order valence-corrected chi connectivity index (χ4v) is 2.65. The lowest BCUT2D eigenvalue weighted by Crippen LogP contribution is -2.18. The number of aromatic nitrogens is 2. The van der Waals surface area contributed by atoms with E-state index in [-0.39, 0.29) is 11.4 Å². The highest BCUT2D eigenvalue weighted by molar-refractivity contribution is 5.81. The molecule has 0 saturated carbocycles. The number of benzene rings is 1. The molecule has 1 N–H and O–H groups in total. The van der Waals surface area contributed by atoms with Crippen molar-refractivity contribution >= 4 is 10.9 Å². The van der Waals surface area contributed by atoms with Gasteiger partial charge in [0.1, 0.15) is 11.3 Å². The molecule has 18 heavy (non-hydrogen) atoms. The Morgan fingerprint density at radius 1 is 1.50 bits per heavy atom. The lowest BCUT2D eigenvalue weighted by Gasteiger charge is -2.13. The maximum atomic E-state index is 13.7. The molecule has 1 atom stereocenters. The SMILES string of the molecule is CN1CCC(c2[nH]c(=O)nc3c(F)cccc23)C1. The summed E-state index contributed by atoms with van der Waals surface area (Å²) >= 11 is 0. The average Bonchev–Trinajstić information content (AvgIpc) is 2.76. The summed E-state index contributed by atoms with van der Waals surface area (Å²) in [4.78, 5) is 20.3. The van der Waals surface area contributed by atoms with Crippen LogP contribution >= 0.6 is 0 Å². The third-order valence-corrected chi connectivity index (χ3v) is 3.53. The van der Waals surface area contributed by atoms with Crippen molar-refractivity contribution in [1.82, 2.24) is 14.9 Å². The highest BCUT2D eigenvalue weighted by Gasteiger charge is 2.24. The Hall–Kier alpha value is -1.75. The second-order valence-corrected chi connectivity index (χ2v) is 4.84. The third kappa shape index (κ3) is 1.80. The number of nitrogens with zero attached hydrogens (tertiary/aromatic N) is 2. The summed E-state index contributed by atoms with van der Waals surface area (Å²) in [6.45, 7) is 1.87. The number of nitrogens with one attached hydrogen (secondary N) is 1. The molecule has 0 aliphatic carbocycles. The van der Waals surface area contributed by atoms with Crippen molar-refractivity contribution in [1.29, 1.82) is 0 Å². The van der Waals surface area contributed by atoms with Gasteiger partial charge in [-0.05, 0) is 26.1 Å². The number of hydrogen-bond acceptors (Lipinski definition) is 3. The van der Waals surface area contributed by atoms with Gasteiger partial charge in [-0.1, -0.05) is 12.1 Å². The van der Waals surface area contributed by atoms with Gasteiger partial charge in [0.2, 0.25) is 0 Å². The minimum atomic E-state index is -0.475. The van der Waals surface area contributed by atoms with Crippen molar-refractivity contribution in [3.05, 3.63) is 40.2 Å². The summed E-state index contributed by atoms with van der Waals surface area (Å²) < 4.78 is 13.7. The second-order valence-electron chi connectivity index (χ2n) is 4.84. The predicted molar refractivity (Wildman–Crippen MR) is 67.2 cm³/mol. The van der Waals surface area contributed by atoms with Gasteiger partial charge in [-0.25, -0.2) is 9.18 Å². The largest absolute Gasteiger partial charge is 0.345 e. The first kappa shape index (κ1) is 11.3. The summed E-state index contributed by atoms with van der Waals surface area (Å²) in [5.74, 6) is -0.193. The standard InChI is InChI=1S/C13H14FN3O/c1-17-6-5-8(7-17)11-9-3-2-4-10(14)12(9)16-13(18)15-11/h2-4,8H,5-7H2,1H3,(H,15,16,18). The molecule has 3 rings (SSSR count).